The molecule has 0 aliphatic carbocycles. The van der Waals surface area contributed by atoms with Crippen LogP contribution in [0.2, 0.25) is 5.02 Å². The first-order chi connectivity index (χ1) is 13.0. The Kier molecular flexibility index (Phi) is 5.11. The van der Waals surface area contributed by atoms with Gasteiger partial charge in [-0.05, 0) is 31.2 Å². The smallest absolute Gasteiger partial charge is 0.433 e. The van der Waals surface area contributed by atoms with Gasteiger partial charge in [-0.1, -0.05) is 11.6 Å². The normalized spacial score (nSPS) is 11.9. The van der Waals surface area contributed by atoms with Gasteiger partial charge in [0.15, 0.2) is 11.3 Å². The number of fused-ring (bicyclic) bond motifs is 1. The number of hydrogen-bond acceptors (Lipinski definition) is 4. The number of alkyl halides is 5. The Morgan fingerprint density at radius 1 is 1.25 bits per heavy atom. The molecule has 2 aromatic heterocycles. The monoisotopic (exact) mass is 420 g/mol. The van der Waals surface area contributed by atoms with Crippen LogP contribution in [0.3, 0.4) is 0 Å². The summed E-state index contributed by atoms with van der Waals surface area (Å²) in [6, 6.07) is 5.40. The van der Waals surface area contributed by atoms with E-state index in [2.05, 4.69) is 20.1 Å². The second-order valence-corrected chi connectivity index (χ2v) is 5.97. The summed E-state index contributed by atoms with van der Waals surface area (Å²) in [5.74, 6) is -1.13. The van der Waals surface area contributed by atoms with Gasteiger partial charge in [0, 0.05) is 17.4 Å². The summed E-state index contributed by atoms with van der Waals surface area (Å²) in [7, 11) is 0. The number of ether oxygens (including phenoxy) is 1. The maximum Gasteiger partial charge on any atom is 0.433 e. The zero-order valence-corrected chi connectivity index (χ0v) is 14.6. The van der Waals surface area contributed by atoms with Crippen molar-refractivity contribution in [2.75, 3.05) is 5.32 Å². The quantitative estimate of drug-likeness (QED) is 0.628. The highest BCUT2D eigenvalue weighted by atomic mass is 35.5. The third-order valence-corrected chi connectivity index (χ3v) is 3.78. The minimum atomic E-state index is -4.69. The number of carbonyl (C=O) groups excluding carboxylic acids is 1. The van der Waals surface area contributed by atoms with E-state index in [4.69, 9.17) is 11.6 Å². The van der Waals surface area contributed by atoms with Crippen molar-refractivity contribution in [1.82, 2.24) is 14.6 Å². The van der Waals surface area contributed by atoms with Crippen molar-refractivity contribution in [1.29, 1.82) is 0 Å². The standard InChI is InChI=1S/C16H10ClF5N4O2/c1-7-4-12(16(20,21)22)26-13(23-7)6-10(25-26)14(27)24-8-2-3-11(9(17)5-8)28-15(18)19/h2-6,15H,1H3,(H,24,27). The van der Waals surface area contributed by atoms with Crippen LogP contribution in [-0.2, 0) is 6.18 Å². The number of benzene rings is 1. The van der Waals surface area contributed by atoms with Gasteiger partial charge in [0.05, 0.1) is 5.02 Å². The predicted octanol–water partition coefficient (Wildman–Crippen LogP) is 4.56. The number of hydrogen-bond donors (Lipinski definition) is 1. The van der Waals surface area contributed by atoms with Crippen LogP contribution in [0.5, 0.6) is 5.75 Å². The Labute approximate surface area is 158 Å². The number of rotatable bonds is 4. The number of nitrogens with zero attached hydrogens (tertiary/aromatic N) is 3. The summed E-state index contributed by atoms with van der Waals surface area (Å²) in [5, 5.41) is 5.83. The van der Waals surface area contributed by atoms with Crippen molar-refractivity contribution in [3.05, 3.63) is 52.4 Å². The third-order valence-electron chi connectivity index (χ3n) is 3.48. The minimum Gasteiger partial charge on any atom is -0.433 e. The van der Waals surface area contributed by atoms with Gasteiger partial charge in [-0.3, -0.25) is 4.79 Å². The summed E-state index contributed by atoms with van der Waals surface area (Å²) in [6.45, 7) is -1.69. The maximum absolute atomic E-state index is 13.2. The Morgan fingerprint density at radius 3 is 2.57 bits per heavy atom. The number of amides is 1. The average molecular weight is 421 g/mol. The highest BCUT2D eigenvalue weighted by Gasteiger charge is 2.35. The third kappa shape index (κ3) is 4.14. The molecule has 12 heteroatoms. The molecule has 0 unspecified atom stereocenters. The Hall–Kier alpha value is -2.95. The molecule has 0 atom stereocenters. The van der Waals surface area contributed by atoms with Crippen molar-refractivity contribution in [3.8, 4) is 5.75 Å². The molecule has 0 spiro atoms. The highest BCUT2D eigenvalue weighted by molar-refractivity contribution is 6.32. The van der Waals surface area contributed by atoms with E-state index in [1.807, 2.05) is 0 Å². The van der Waals surface area contributed by atoms with Crippen LogP contribution in [0.1, 0.15) is 21.9 Å². The molecule has 0 aliphatic heterocycles. The molecule has 0 bridgehead atoms. The number of aryl methyl sites for hydroxylation is 1. The SMILES string of the molecule is Cc1cc(C(F)(F)F)n2nc(C(=O)Nc3ccc(OC(F)F)c(Cl)c3)cc2n1. The van der Waals surface area contributed by atoms with E-state index in [1.54, 1.807) is 0 Å². The van der Waals surface area contributed by atoms with E-state index in [1.165, 1.54) is 13.0 Å². The fraction of sp³-hybridized carbons (Fsp3) is 0.188. The van der Waals surface area contributed by atoms with Crippen LogP contribution >= 0.6 is 11.6 Å². The molecule has 28 heavy (non-hydrogen) atoms. The molecule has 1 N–H and O–H groups in total. The number of carbonyl (C=O) groups is 1. The molecule has 0 fully saturated rings. The van der Waals surface area contributed by atoms with E-state index >= 15 is 0 Å². The molecule has 1 amide bonds. The fourth-order valence-electron chi connectivity index (χ4n) is 2.38. The van der Waals surface area contributed by atoms with Crippen LogP contribution in [-0.4, -0.2) is 27.1 Å². The number of aromatic nitrogens is 3. The van der Waals surface area contributed by atoms with Crippen molar-refractivity contribution < 1.29 is 31.5 Å². The molecule has 0 saturated heterocycles. The van der Waals surface area contributed by atoms with Gasteiger partial charge in [0.1, 0.15) is 11.4 Å². The summed E-state index contributed by atoms with van der Waals surface area (Å²) >= 11 is 5.79. The lowest BCUT2D eigenvalue weighted by Gasteiger charge is -2.09. The average Bonchev–Trinajstić information content (AvgIpc) is 2.99. The number of nitrogens with one attached hydrogen (secondary N) is 1. The topological polar surface area (TPSA) is 68.5 Å². The van der Waals surface area contributed by atoms with E-state index in [0.717, 1.165) is 24.3 Å². The van der Waals surface area contributed by atoms with Gasteiger partial charge in [0.2, 0.25) is 0 Å². The summed E-state index contributed by atoms with van der Waals surface area (Å²) < 4.78 is 68.6. The van der Waals surface area contributed by atoms with E-state index in [9.17, 15) is 26.7 Å². The zero-order chi connectivity index (χ0) is 20.6. The van der Waals surface area contributed by atoms with Gasteiger partial charge < -0.3 is 10.1 Å². The molecule has 0 saturated carbocycles. The summed E-state index contributed by atoms with van der Waals surface area (Å²) in [6.07, 6.45) is -4.69. The van der Waals surface area contributed by atoms with Crippen LogP contribution in [0, 0.1) is 6.92 Å². The predicted molar refractivity (Wildman–Crippen MR) is 88.8 cm³/mol. The van der Waals surface area contributed by atoms with Crippen LogP contribution < -0.4 is 10.1 Å². The molecule has 0 aliphatic rings. The van der Waals surface area contributed by atoms with Gasteiger partial charge in [0.25, 0.3) is 5.91 Å². The Balaban J connectivity index is 1.89. The first kappa shape index (κ1) is 19.8. The van der Waals surface area contributed by atoms with E-state index in [0.29, 0.717) is 4.52 Å². The molecule has 6 nitrogen and oxygen atoms in total. The van der Waals surface area contributed by atoms with Crippen molar-refractivity contribution in [3.63, 3.8) is 0 Å². The highest BCUT2D eigenvalue weighted by Crippen LogP contribution is 2.31. The lowest BCUT2D eigenvalue weighted by atomic mass is 10.3. The molecule has 1 aromatic carbocycles. The van der Waals surface area contributed by atoms with Gasteiger partial charge in [-0.15, -0.1) is 0 Å². The van der Waals surface area contributed by atoms with Gasteiger partial charge >= 0.3 is 12.8 Å². The lowest BCUT2D eigenvalue weighted by molar-refractivity contribution is -0.142. The largest absolute Gasteiger partial charge is 0.433 e. The maximum atomic E-state index is 13.2. The first-order valence-corrected chi connectivity index (χ1v) is 7.93. The minimum absolute atomic E-state index is 0.105. The van der Waals surface area contributed by atoms with Gasteiger partial charge in [-0.25, -0.2) is 9.50 Å². The Morgan fingerprint density at radius 2 is 1.96 bits per heavy atom. The lowest BCUT2D eigenvalue weighted by Crippen LogP contribution is -2.15. The number of halogens is 6. The number of anilines is 1. The first-order valence-electron chi connectivity index (χ1n) is 7.55. The van der Waals surface area contributed by atoms with Crippen LogP contribution in [0.15, 0.2) is 30.3 Å². The molecule has 3 aromatic rings. The summed E-state index contributed by atoms with van der Waals surface area (Å²) in [5.41, 5.74) is -1.35. The molecule has 2 heterocycles. The van der Waals surface area contributed by atoms with Crippen LogP contribution in [0.4, 0.5) is 27.6 Å². The second-order valence-electron chi connectivity index (χ2n) is 5.56. The fourth-order valence-corrected chi connectivity index (χ4v) is 2.60. The molecular weight excluding hydrogens is 411 g/mol. The van der Waals surface area contributed by atoms with E-state index in [-0.39, 0.29) is 33.5 Å². The van der Waals surface area contributed by atoms with Crippen molar-refractivity contribution >= 4 is 28.8 Å². The van der Waals surface area contributed by atoms with Crippen LogP contribution in [0.25, 0.3) is 5.65 Å². The molecule has 0 radical (unpaired) electrons. The molecule has 3 rings (SSSR count). The van der Waals surface area contributed by atoms with Crippen molar-refractivity contribution in [2.24, 2.45) is 0 Å². The molecular formula is C16H10ClF5N4O2. The van der Waals surface area contributed by atoms with E-state index < -0.39 is 24.4 Å². The second kappa shape index (κ2) is 7.23. The zero-order valence-electron chi connectivity index (χ0n) is 13.9. The van der Waals surface area contributed by atoms with Crippen molar-refractivity contribution in [2.45, 2.75) is 19.7 Å². The Bertz CT molecular complexity index is 1050. The van der Waals surface area contributed by atoms with Gasteiger partial charge in [-0.2, -0.15) is 27.1 Å². The molecule has 148 valence electrons. The summed E-state index contributed by atoms with van der Waals surface area (Å²) in [4.78, 5) is 16.2.